The first-order valence-corrected chi connectivity index (χ1v) is 11.9. The first-order chi connectivity index (χ1) is 16.3. The minimum Gasteiger partial charge on any atom is -0.450 e. The Hall–Kier alpha value is -2.94. The maximum atomic E-state index is 13.6. The van der Waals surface area contributed by atoms with E-state index < -0.39 is 5.41 Å². The Morgan fingerprint density at radius 3 is 2.53 bits per heavy atom. The minimum absolute atomic E-state index is 0.0294. The molecule has 1 N–H and O–H groups in total. The summed E-state index contributed by atoms with van der Waals surface area (Å²) in [5, 5.41) is 3.03. The molecule has 2 saturated heterocycles. The largest absolute Gasteiger partial charge is 0.450 e. The van der Waals surface area contributed by atoms with Crippen LogP contribution in [0.4, 0.5) is 4.79 Å². The molecule has 1 aromatic carbocycles. The highest BCUT2D eigenvalue weighted by Crippen LogP contribution is 2.41. The van der Waals surface area contributed by atoms with Gasteiger partial charge in [-0.05, 0) is 44.2 Å². The van der Waals surface area contributed by atoms with Gasteiger partial charge >= 0.3 is 6.09 Å². The summed E-state index contributed by atoms with van der Waals surface area (Å²) in [5.74, 6) is -0.854. The molecule has 2 aliphatic heterocycles. The van der Waals surface area contributed by atoms with Crippen molar-refractivity contribution in [2.45, 2.75) is 57.4 Å². The fraction of sp³-hybridized carbons (Fsp3) is 0.600. The van der Waals surface area contributed by atoms with E-state index in [0.29, 0.717) is 45.6 Å². The number of carbonyl (C=O) groups is 4. The van der Waals surface area contributed by atoms with Crippen molar-refractivity contribution >= 4 is 23.8 Å². The van der Waals surface area contributed by atoms with E-state index in [9.17, 15) is 19.2 Å². The molecule has 9 nitrogen and oxygen atoms in total. The molecule has 1 aromatic rings. The number of likely N-dealkylation sites (tertiary alicyclic amines) is 2. The van der Waals surface area contributed by atoms with E-state index in [0.717, 1.165) is 11.1 Å². The Labute approximate surface area is 200 Å². The fourth-order valence-corrected chi connectivity index (χ4v) is 4.92. The molecule has 9 heteroatoms. The van der Waals surface area contributed by atoms with Crippen LogP contribution in [0.1, 0.15) is 50.2 Å². The number of methoxy groups -OCH3 is 1. The molecular weight excluding hydrogens is 438 g/mol. The van der Waals surface area contributed by atoms with Crippen LogP contribution in [0.25, 0.3) is 0 Å². The monoisotopic (exact) mass is 473 g/mol. The summed E-state index contributed by atoms with van der Waals surface area (Å²) in [6, 6.07) is 7.34. The number of piperidine rings is 1. The van der Waals surface area contributed by atoms with Gasteiger partial charge in [-0.1, -0.05) is 24.3 Å². The van der Waals surface area contributed by atoms with Gasteiger partial charge in [0.25, 0.3) is 0 Å². The molecule has 2 fully saturated rings. The lowest BCUT2D eigenvalue weighted by atomic mass is 9.74. The van der Waals surface area contributed by atoms with Gasteiger partial charge in [0.2, 0.25) is 17.7 Å². The lowest BCUT2D eigenvalue weighted by Gasteiger charge is -2.33. The van der Waals surface area contributed by atoms with Crippen LogP contribution in [0, 0.1) is 6.92 Å². The van der Waals surface area contributed by atoms with Gasteiger partial charge in [-0.15, -0.1) is 0 Å². The predicted molar refractivity (Wildman–Crippen MR) is 125 cm³/mol. The molecular formula is C25H35N3O6. The Morgan fingerprint density at radius 1 is 1.18 bits per heavy atom. The quantitative estimate of drug-likeness (QED) is 0.435. The minimum atomic E-state index is -1.22. The maximum absolute atomic E-state index is 13.6. The smallest absolute Gasteiger partial charge is 0.409 e. The van der Waals surface area contributed by atoms with Crippen molar-refractivity contribution in [1.29, 1.82) is 0 Å². The Morgan fingerprint density at radius 2 is 1.88 bits per heavy atom. The zero-order chi connectivity index (χ0) is 24.7. The average molecular weight is 474 g/mol. The lowest BCUT2D eigenvalue weighted by Crippen LogP contribution is -2.49. The molecule has 3 rings (SSSR count). The molecule has 34 heavy (non-hydrogen) atoms. The molecule has 1 unspecified atom stereocenters. The zero-order valence-electron chi connectivity index (χ0n) is 20.3. The normalized spacial score (nSPS) is 21.1. The van der Waals surface area contributed by atoms with Crippen LogP contribution in [0.3, 0.4) is 0 Å². The second kappa shape index (κ2) is 11.5. The molecule has 0 bridgehead atoms. The number of amides is 4. The molecule has 0 saturated carbocycles. The van der Waals surface area contributed by atoms with Gasteiger partial charge in [0.1, 0.15) is 0 Å². The number of ether oxygens (including phenoxy) is 2. The first-order valence-electron chi connectivity index (χ1n) is 11.9. The van der Waals surface area contributed by atoms with Crippen LogP contribution in [-0.4, -0.2) is 79.6 Å². The van der Waals surface area contributed by atoms with Crippen molar-refractivity contribution in [1.82, 2.24) is 15.1 Å². The molecule has 0 radical (unpaired) electrons. The molecule has 0 aliphatic carbocycles. The Kier molecular flexibility index (Phi) is 8.66. The first kappa shape index (κ1) is 25.7. The van der Waals surface area contributed by atoms with Gasteiger partial charge in [0.15, 0.2) is 0 Å². The number of hydrogen-bond acceptors (Lipinski definition) is 6. The van der Waals surface area contributed by atoms with Crippen molar-refractivity contribution in [3.63, 3.8) is 0 Å². The number of carbonyl (C=O) groups excluding carboxylic acids is 4. The molecule has 186 valence electrons. The van der Waals surface area contributed by atoms with Crippen LogP contribution in [-0.2, 0) is 29.3 Å². The molecule has 0 spiro atoms. The highest BCUT2D eigenvalue weighted by molar-refractivity contribution is 6.11. The van der Waals surface area contributed by atoms with Gasteiger partial charge in [0.05, 0.1) is 12.0 Å². The maximum Gasteiger partial charge on any atom is 0.409 e. The van der Waals surface area contributed by atoms with Gasteiger partial charge in [-0.2, -0.15) is 0 Å². The van der Waals surface area contributed by atoms with Crippen molar-refractivity contribution in [2.75, 3.05) is 40.0 Å². The third kappa shape index (κ3) is 5.58. The molecule has 4 amide bonds. The summed E-state index contributed by atoms with van der Waals surface area (Å²) in [4.78, 5) is 54.5. The highest BCUT2D eigenvalue weighted by atomic mass is 16.6. The van der Waals surface area contributed by atoms with E-state index in [1.165, 1.54) is 4.90 Å². The summed E-state index contributed by atoms with van der Waals surface area (Å²) < 4.78 is 10.1. The molecule has 1 atom stereocenters. The third-order valence-corrected chi connectivity index (χ3v) is 6.65. The summed E-state index contributed by atoms with van der Waals surface area (Å²) in [6.07, 6.45) is 1.30. The predicted octanol–water partition coefficient (Wildman–Crippen LogP) is 2.16. The average Bonchev–Trinajstić information content (AvgIpc) is 3.04. The van der Waals surface area contributed by atoms with Gasteiger partial charge in [-0.3, -0.25) is 19.3 Å². The standard InChI is InChI=1S/C25H35N3O6/c1-4-34-24(32)27-13-10-19(11-14-27)26-21(29)16-25(20-9-6-5-8-18(20)2)17-22(30)28(23(25)31)12-7-15-33-3/h5-6,8-9,19H,4,7,10-17H2,1-3H3,(H,26,29). The van der Waals surface area contributed by atoms with E-state index in [1.807, 2.05) is 31.2 Å². The van der Waals surface area contributed by atoms with E-state index >= 15 is 0 Å². The van der Waals surface area contributed by atoms with Crippen LogP contribution >= 0.6 is 0 Å². The van der Waals surface area contributed by atoms with E-state index in [-0.39, 0.29) is 49.2 Å². The Bertz CT molecular complexity index is 912. The van der Waals surface area contributed by atoms with Crippen LogP contribution < -0.4 is 5.32 Å². The topological polar surface area (TPSA) is 105 Å². The molecule has 2 aliphatic rings. The number of aryl methyl sites for hydroxylation is 1. The van der Waals surface area contributed by atoms with Crippen molar-refractivity contribution < 1.29 is 28.7 Å². The van der Waals surface area contributed by atoms with E-state index in [2.05, 4.69) is 5.32 Å². The van der Waals surface area contributed by atoms with Crippen LogP contribution in [0.15, 0.2) is 24.3 Å². The summed E-state index contributed by atoms with van der Waals surface area (Å²) in [6.45, 7) is 5.70. The zero-order valence-corrected chi connectivity index (χ0v) is 20.3. The number of rotatable bonds is 9. The Balaban J connectivity index is 1.73. The number of imide groups is 1. The van der Waals surface area contributed by atoms with E-state index in [1.54, 1.807) is 18.9 Å². The number of nitrogens with one attached hydrogen (secondary N) is 1. The summed E-state index contributed by atoms with van der Waals surface area (Å²) >= 11 is 0. The summed E-state index contributed by atoms with van der Waals surface area (Å²) in [5.41, 5.74) is 0.374. The SMILES string of the molecule is CCOC(=O)N1CCC(NC(=O)CC2(c3ccccc3C)CC(=O)N(CCCOC)C2=O)CC1. The van der Waals surface area contributed by atoms with Crippen LogP contribution in [0.2, 0.25) is 0 Å². The second-order valence-electron chi connectivity index (χ2n) is 8.98. The lowest BCUT2D eigenvalue weighted by molar-refractivity contribution is -0.141. The second-order valence-corrected chi connectivity index (χ2v) is 8.98. The van der Waals surface area contributed by atoms with Gasteiger partial charge in [0, 0.05) is 52.2 Å². The third-order valence-electron chi connectivity index (χ3n) is 6.65. The van der Waals surface area contributed by atoms with Crippen molar-refractivity contribution in [2.24, 2.45) is 0 Å². The van der Waals surface area contributed by atoms with Crippen LogP contribution in [0.5, 0.6) is 0 Å². The summed E-state index contributed by atoms with van der Waals surface area (Å²) in [7, 11) is 1.58. The van der Waals surface area contributed by atoms with Gasteiger partial charge in [-0.25, -0.2) is 4.79 Å². The number of hydrogen-bond donors (Lipinski definition) is 1. The molecule has 2 heterocycles. The van der Waals surface area contributed by atoms with Crippen molar-refractivity contribution in [3.8, 4) is 0 Å². The van der Waals surface area contributed by atoms with E-state index in [4.69, 9.17) is 9.47 Å². The number of nitrogens with zero attached hydrogens (tertiary/aromatic N) is 2. The fourth-order valence-electron chi connectivity index (χ4n) is 4.92. The number of benzene rings is 1. The van der Waals surface area contributed by atoms with Crippen molar-refractivity contribution in [3.05, 3.63) is 35.4 Å². The highest BCUT2D eigenvalue weighted by Gasteiger charge is 2.54. The molecule has 0 aromatic heterocycles. The van der Waals surface area contributed by atoms with Gasteiger partial charge < -0.3 is 19.7 Å².